The van der Waals surface area contributed by atoms with Crippen LogP contribution < -0.4 is 10.2 Å². The molecule has 2 aliphatic rings. The molecule has 2 aromatic rings. The predicted octanol–water partition coefficient (Wildman–Crippen LogP) is 1.24. The molecule has 1 saturated heterocycles. The number of anilines is 2. The third-order valence-electron chi connectivity index (χ3n) is 4.39. The van der Waals surface area contributed by atoms with Crippen LogP contribution in [0.15, 0.2) is 24.7 Å². The quantitative estimate of drug-likeness (QED) is 0.884. The van der Waals surface area contributed by atoms with E-state index in [1.54, 1.807) is 24.7 Å². The molecule has 1 aliphatic heterocycles. The second-order valence-corrected chi connectivity index (χ2v) is 6.95. The molecule has 1 saturated carbocycles. The third kappa shape index (κ3) is 3.60. The zero-order chi connectivity index (χ0) is 17.2. The van der Waals surface area contributed by atoms with E-state index < -0.39 is 0 Å². The number of carbonyl (C=O) groups excluding carboxylic acids is 2. The van der Waals surface area contributed by atoms with E-state index in [-0.39, 0.29) is 17.7 Å². The van der Waals surface area contributed by atoms with Gasteiger partial charge >= 0.3 is 0 Å². The maximum Gasteiger partial charge on any atom is 0.254 e. The Morgan fingerprint density at radius 1 is 1.16 bits per heavy atom. The van der Waals surface area contributed by atoms with Crippen LogP contribution in [-0.4, -0.2) is 57.2 Å². The Bertz CT molecular complexity index is 769. The molecule has 2 fully saturated rings. The van der Waals surface area contributed by atoms with Crippen molar-refractivity contribution in [3.63, 3.8) is 0 Å². The van der Waals surface area contributed by atoms with E-state index in [0.717, 1.165) is 31.1 Å². The SMILES string of the molecule is O=C(Nc1cc(C(=O)N2CCN(c3ncns3)CC2)ccn1)C1CC1. The van der Waals surface area contributed by atoms with Crippen molar-refractivity contribution >= 4 is 34.3 Å². The predicted molar refractivity (Wildman–Crippen MR) is 93.6 cm³/mol. The lowest BCUT2D eigenvalue weighted by atomic mass is 10.2. The molecular formula is C16H18N6O2S. The number of amides is 2. The van der Waals surface area contributed by atoms with Crippen LogP contribution in [0.3, 0.4) is 0 Å². The molecular weight excluding hydrogens is 340 g/mol. The number of hydrogen-bond donors (Lipinski definition) is 1. The zero-order valence-electron chi connectivity index (χ0n) is 13.6. The van der Waals surface area contributed by atoms with E-state index in [9.17, 15) is 9.59 Å². The van der Waals surface area contributed by atoms with Gasteiger partial charge in [-0.2, -0.15) is 4.37 Å². The van der Waals surface area contributed by atoms with Crippen LogP contribution in [0.4, 0.5) is 10.9 Å². The normalized spacial score (nSPS) is 17.4. The van der Waals surface area contributed by atoms with E-state index in [1.165, 1.54) is 11.5 Å². The van der Waals surface area contributed by atoms with Crippen LogP contribution >= 0.6 is 11.5 Å². The highest BCUT2D eigenvalue weighted by molar-refractivity contribution is 7.09. The van der Waals surface area contributed by atoms with Gasteiger partial charge in [-0.15, -0.1) is 0 Å². The van der Waals surface area contributed by atoms with Gasteiger partial charge in [0.15, 0.2) is 0 Å². The van der Waals surface area contributed by atoms with Crippen molar-refractivity contribution in [1.82, 2.24) is 19.2 Å². The summed E-state index contributed by atoms with van der Waals surface area (Å²) in [6.45, 7) is 2.73. The lowest BCUT2D eigenvalue weighted by molar-refractivity contribution is -0.117. The highest BCUT2D eigenvalue weighted by Gasteiger charge is 2.30. The fourth-order valence-corrected chi connectivity index (χ4v) is 3.38. The lowest BCUT2D eigenvalue weighted by Crippen LogP contribution is -2.48. The van der Waals surface area contributed by atoms with Gasteiger partial charge in [0.25, 0.3) is 5.91 Å². The van der Waals surface area contributed by atoms with Crippen molar-refractivity contribution in [2.24, 2.45) is 5.92 Å². The summed E-state index contributed by atoms with van der Waals surface area (Å²) in [6.07, 6.45) is 4.98. The van der Waals surface area contributed by atoms with Crippen LogP contribution in [-0.2, 0) is 4.79 Å². The van der Waals surface area contributed by atoms with Crippen LogP contribution in [0.5, 0.6) is 0 Å². The molecule has 0 bridgehead atoms. The molecule has 0 unspecified atom stereocenters. The molecule has 25 heavy (non-hydrogen) atoms. The van der Waals surface area contributed by atoms with Crippen LogP contribution in [0, 0.1) is 5.92 Å². The van der Waals surface area contributed by atoms with Crippen molar-refractivity contribution in [2.45, 2.75) is 12.8 Å². The van der Waals surface area contributed by atoms with Gasteiger partial charge in [0.2, 0.25) is 11.0 Å². The zero-order valence-corrected chi connectivity index (χ0v) is 14.4. The molecule has 0 aromatic carbocycles. The number of piperazine rings is 1. The number of pyridine rings is 1. The largest absolute Gasteiger partial charge is 0.343 e. The Balaban J connectivity index is 1.38. The van der Waals surface area contributed by atoms with Gasteiger partial charge < -0.3 is 15.1 Å². The van der Waals surface area contributed by atoms with Gasteiger partial charge in [-0.05, 0) is 25.0 Å². The Labute approximate surface area is 149 Å². The van der Waals surface area contributed by atoms with E-state index in [0.29, 0.717) is 24.5 Å². The van der Waals surface area contributed by atoms with E-state index in [2.05, 4.69) is 24.6 Å². The minimum atomic E-state index is -0.0405. The summed E-state index contributed by atoms with van der Waals surface area (Å²) in [5.41, 5.74) is 0.547. The molecule has 0 atom stereocenters. The smallest absolute Gasteiger partial charge is 0.254 e. The van der Waals surface area contributed by atoms with Crippen molar-refractivity contribution < 1.29 is 9.59 Å². The Kier molecular flexibility index (Phi) is 4.31. The first kappa shape index (κ1) is 15.9. The number of nitrogens with zero attached hydrogens (tertiary/aromatic N) is 5. The number of nitrogens with one attached hydrogen (secondary N) is 1. The van der Waals surface area contributed by atoms with Crippen molar-refractivity contribution in [3.05, 3.63) is 30.2 Å². The second kappa shape index (κ2) is 6.75. The summed E-state index contributed by atoms with van der Waals surface area (Å²) in [5, 5.41) is 3.67. The third-order valence-corrected chi connectivity index (χ3v) is 5.12. The molecule has 130 valence electrons. The van der Waals surface area contributed by atoms with E-state index in [1.807, 2.05) is 4.90 Å². The number of carbonyl (C=O) groups is 2. The van der Waals surface area contributed by atoms with Gasteiger partial charge in [-0.25, -0.2) is 9.97 Å². The molecule has 3 heterocycles. The van der Waals surface area contributed by atoms with Crippen molar-refractivity contribution in [3.8, 4) is 0 Å². The highest BCUT2D eigenvalue weighted by Crippen LogP contribution is 2.30. The topological polar surface area (TPSA) is 91.3 Å². The summed E-state index contributed by atoms with van der Waals surface area (Å²) >= 11 is 1.36. The lowest BCUT2D eigenvalue weighted by Gasteiger charge is -2.34. The van der Waals surface area contributed by atoms with Crippen molar-refractivity contribution in [1.29, 1.82) is 0 Å². The summed E-state index contributed by atoms with van der Waals surface area (Å²) in [7, 11) is 0. The van der Waals surface area contributed by atoms with Crippen molar-refractivity contribution in [2.75, 3.05) is 36.4 Å². The average Bonchev–Trinajstić information content (AvgIpc) is 3.36. The first-order chi connectivity index (χ1) is 12.2. The summed E-state index contributed by atoms with van der Waals surface area (Å²) in [6, 6.07) is 3.34. The fraction of sp³-hybridized carbons (Fsp3) is 0.438. The standard InChI is InChI=1S/C16H18N6O2S/c23-14(11-1-2-11)20-13-9-12(3-4-17-13)15(24)21-5-7-22(8-6-21)16-18-10-19-25-16/h3-4,9-11H,1-2,5-8H2,(H,17,20,23). The molecule has 1 aliphatic carbocycles. The summed E-state index contributed by atoms with van der Waals surface area (Å²) < 4.78 is 4.02. The molecule has 8 nitrogen and oxygen atoms in total. The minimum Gasteiger partial charge on any atom is -0.343 e. The fourth-order valence-electron chi connectivity index (χ4n) is 2.80. The number of rotatable bonds is 4. The second-order valence-electron chi connectivity index (χ2n) is 6.20. The average molecular weight is 358 g/mol. The molecule has 2 aromatic heterocycles. The molecule has 2 amide bonds. The number of aromatic nitrogens is 3. The Hall–Kier alpha value is -2.55. The molecule has 0 radical (unpaired) electrons. The van der Waals surface area contributed by atoms with Gasteiger partial charge in [-0.3, -0.25) is 9.59 Å². The summed E-state index contributed by atoms with van der Waals surface area (Å²) in [5.74, 6) is 0.494. The molecule has 1 N–H and O–H groups in total. The van der Waals surface area contributed by atoms with Crippen LogP contribution in [0.25, 0.3) is 0 Å². The van der Waals surface area contributed by atoms with Gasteiger partial charge in [0.05, 0.1) is 0 Å². The maximum absolute atomic E-state index is 12.7. The van der Waals surface area contributed by atoms with Gasteiger partial charge in [0, 0.05) is 55.4 Å². The molecule has 0 spiro atoms. The monoisotopic (exact) mass is 358 g/mol. The van der Waals surface area contributed by atoms with Crippen LogP contribution in [0.1, 0.15) is 23.2 Å². The van der Waals surface area contributed by atoms with Gasteiger partial charge in [-0.1, -0.05) is 0 Å². The maximum atomic E-state index is 12.7. The first-order valence-corrected chi connectivity index (χ1v) is 9.06. The van der Waals surface area contributed by atoms with E-state index in [4.69, 9.17) is 0 Å². The van der Waals surface area contributed by atoms with Crippen LogP contribution in [0.2, 0.25) is 0 Å². The molecule has 9 heteroatoms. The van der Waals surface area contributed by atoms with E-state index >= 15 is 0 Å². The first-order valence-electron chi connectivity index (χ1n) is 8.28. The van der Waals surface area contributed by atoms with Gasteiger partial charge in [0.1, 0.15) is 12.1 Å². The highest BCUT2D eigenvalue weighted by atomic mass is 32.1. The number of hydrogen-bond acceptors (Lipinski definition) is 7. The minimum absolute atomic E-state index is 0.0113. The molecule has 4 rings (SSSR count). The summed E-state index contributed by atoms with van der Waals surface area (Å²) in [4.78, 5) is 36.9. The Morgan fingerprint density at radius 3 is 2.64 bits per heavy atom. The Morgan fingerprint density at radius 2 is 1.96 bits per heavy atom.